The van der Waals surface area contributed by atoms with E-state index in [2.05, 4.69) is 4.99 Å². The van der Waals surface area contributed by atoms with Gasteiger partial charge in [-0.25, -0.2) is 13.2 Å². The summed E-state index contributed by atoms with van der Waals surface area (Å²) in [7, 11) is -3.48. The Morgan fingerprint density at radius 3 is 2.69 bits per heavy atom. The zero-order valence-electron chi connectivity index (χ0n) is 16.8. The molecule has 29 heavy (non-hydrogen) atoms. The molecule has 0 saturated carbocycles. The van der Waals surface area contributed by atoms with Crippen molar-refractivity contribution in [2.75, 3.05) is 19.4 Å². The van der Waals surface area contributed by atoms with Gasteiger partial charge in [0.25, 0.3) is 5.91 Å². The van der Waals surface area contributed by atoms with Crippen molar-refractivity contribution in [2.24, 2.45) is 4.99 Å². The number of carbonyl (C=O) groups excluding carboxylic acids is 2. The average molecular weight is 440 g/mol. The van der Waals surface area contributed by atoms with Crippen molar-refractivity contribution in [3.63, 3.8) is 0 Å². The number of sulfonamides is 1. The summed E-state index contributed by atoms with van der Waals surface area (Å²) in [5.41, 5.74) is 1.30. The molecule has 2 heterocycles. The highest BCUT2D eigenvalue weighted by atomic mass is 32.2. The second-order valence-corrected chi connectivity index (χ2v) is 9.81. The molecule has 1 aromatic carbocycles. The van der Waals surface area contributed by atoms with Gasteiger partial charge in [0.2, 0.25) is 10.0 Å². The van der Waals surface area contributed by atoms with Crippen LogP contribution in [-0.4, -0.2) is 54.6 Å². The fourth-order valence-electron chi connectivity index (χ4n) is 3.52. The van der Waals surface area contributed by atoms with Crippen molar-refractivity contribution >= 4 is 43.5 Å². The second-order valence-electron chi connectivity index (χ2n) is 6.87. The van der Waals surface area contributed by atoms with Gasteiger partial charge in [0.05, 0.1) is 28.6 Å². The lowest BCUT2D eigenvalue weighted by Crippen LogP contribution is -2.47. The molecule has 0 radical (unpaired) electrons. The maximum absolute atomic E-state index is 12.9. The molecule has 0 bridgehead atoms. The molecule has 1 amide bonds. The molecule has 0 spiro atoms. The predicted octanol–water partition coefficient (Wildman–Crippen LogP) is 2.14. The average Bonchev–Trinajstić information content (AvgIpc) is 3.03. The minimum absolute atomic E-state index is 0.295. The lowest BCUT2D eigenvalue weighted by atomic mass is 10.0. The number of rotatable bonds is 5. The number of amides is 1. The van der Waals surface area contributed by atoms with Gasteiger partial charge in [0.1, 0.15) is 6.04 Å². The van der Waals surface area contributed by atoms with Crippen LogP contribution in [0.3, 0.4) is 0 Å². The monoisotopic (exact) mass is 439 g/mol. The number of esters is 1. The van der Waals surface area contributed by atoms with E-state index in [-0.39, 0.29) is 0 Å². The number of aryl methyl sites for hydroxylation is 1. The Bertz CT molecular complexity index is 1100. The Hall–Kier alpha value is -2.04. The number of benzene rings is 1. The van der Waals surface area contributed by atoms with Crippen molar-refractivity contribution in [3.05, 3.63) is 28.6 Å². The molecular formula is C19H25N3O5S2. The minimum atomic E-state index is -3.48. The number of carbonyl (C=O) groups is 2. The van der Waals surface area contributed by atoms with Crippen LogP contribution in [0.2, 0.25) is 0 Å². The standard InChI is InChI=1S/C19H25N3O5S2/c1-4-21-14-10-9-13(18(24)27-5-2)12-16(14)28-19(21)20-17(23)15-8-6-7-11-22(15)29(3,25)26/h9-10,12,15H,4-8,11H2,1-3H3. The molecule has 10 heteroatoms. The van der Waals surface area contributed by atoms with E-state index in [0.717, 1.165) is 29.3 Å². The van der Waals surface area contributed by atoms with Gasteiger partial charge >= 0.3 is 5.97 Å². The third-order valence-corrected chi connectivity index (χ3v) is 7.21. The van der Waals surface area contributed by atoms with Crippen LogP contribution >= 0.6 is 11.3 Å². The largest absolute Gasteiger partial charge is 0.462 e. The number of fused-ring (bicyclic) bond motifs is 1. The molecular weight excluding hydrogens is 414 g/mol. The van der Waals surface area contributed by atoms with E-state index in [1.807, 2.05) is 17.6 Å². The quantitative estimate of drug-likeness (QED) is 0.665. The first-order valence-corrected chi connectivity index (χ1v) is 12.3. The van der Waals surface area contributed by atoms with Crippen LogP contribution in [0.4, 0.5) is 0 Å². The van der Waals surface area contributed by atoms with E-state index in [4.69, 9.17) is 4.74 Å². The summed E-state index contributed by atoms with van der Waals surface area (Å²) in [6.07, 6.45) is 3.13. The van der Waals surface area contributed by atoms with Crippen molar-refractivity contribution in [1.29, 1.82) is 0 Å². The minimum Gasteiger partial charge on any atom is -0.462 e. The maximum Gasteiger partial charge on any atom is 0.338 e. The second kappa shape index (κ2) is 8.76. The van der Waals surface area contributed by atoms with Crippen molar-refractivity contribution in [3.8, 4) is 0 Å². The van der Waals surface area contributed by atoms with Crippen LogP contribution < -0.4 is 4.80 Å². The Balaban J connectivity index is 2.02. The van der Waals surface area contributed by atoms with Crippen LogP contribution in [0.5, 0.6) is 0 Å². The van der Waals surface area contributed by atoms with E-state index in [1.54, 1.807) is 19.1 Å². The van der Waals surface area contributed by atoms with Crippen molar-refractivity contribution < 1.29 is 22.7 Å². The molecule has 158 valence electrons. The summed E-state index contributed by atoms with van der Waals surface area (Å²) < 4.78 is 33.1. The first-order chi connectivity index (χ1) is 13.8. The van der Waals surface area contributed by atoms with Gasteiger partial charge < -0.3 is 9.30 Å². The fourth-order valence-corrected chi connectivity index (χ4v) is 5.78. The highest BCUT2D eigenvalue weighted by Gasteiger charge is 2.34. The van der Waals surface area contributed by atoms with Gasteiger partial charge in [-0.2, -0.15) is 9.30 Å². The van der Waals surface area contributed by atoms with E-state index in [0.29, 0.717) is 36.5 Å². The molecule has 1 aromatic heterocycles. The van der Waals surface area contributed by atoms with E-state index in [1.165, 1.54) is 15.6 Å². The summed E-state index contributed by atoms with van der Waals surface area (Å²) in [5.74, 6) is -0.846. The number of ether oxygens (including phenoxy) is 1. The molecule has 1 atom stereocenters. The maximum atomic E-state index is 12.9. The van der Waals surface area contributed by atoms with Crippen LogP contribution in [0.15, 0.2) is 23.2 Å². The van der Waals surface area contributed by atoms with Crippen molar-refractivity contribution in [2.45, 2.75) is 45.7 Å². The molecule has 1 aliphatic heterocycles. The number of piperidine rings is 1. The topological polar surface area (TPSA) is 98.0 Å². The zero-order valence-corrected chi connectivity index (χ0v) is 18.4. The smallest absolute Gasteiger partial charge is 0.338 e. The summed E-state index contributed by atoms with van der Waals surface area (Å²) in [6.45, 7) is 4.92. The van der Waals surface area contributed by atoms with Gasteiger partial charge in [0.15, 0.2) is 4.80 Å². The number of hydrogen-bond donors (Lipinski definition) is 0. The van der Waals surface area contributed by atoms with Gasteiger partial charge in [-0.15, -0.1) is 0 Å². The van der Waals surface area contributed by atoms with Crippen LogP contribution in [0.25, 0.3) is 10.2 Å². The Kier molecular flexibility index (Phi) is 6.55. The summed E-state index contributed by atoms with van der Waals surface area (Å²) >= 11 is 1.30. The third kappa shape index (κ3) is 4.59. The summed E-state index contributed by atoms with van der Waals surface area (Å²) in [6, 6.07) is 4.48. The molecule has 0 N–H and O–H groups in total. The normalized spacial score (nSPS) is 18.9. The number of nitrogens with zero attached hydrogens (tertiary/aromatic N) is 3. The first kappa shape index (κ1) is 21.7. The Morgan fingerprint density at radius 1 is 1.28 bits per heavy atom. The van der Waals surface area contributed by atoms with Crippen molar-refractivity contribution in [1.82, 2.24) is 8.87 Å². The molecule has 2 aromatic rings. The van der Waals surface area contributed by atoms with Gasteiger partial charge in [-0.05, 0) is 44.9 Å². The number of aromatic nitrogens is 1. The lowest BCUT2D eigenvalue weighted by Gasteiger charge is -2.31. The highest BCUT2D eigenvalue weighted by Crippen LogP contribution is 2.22. The molecule has 1 unspecified atom stereocenters. The molecule has 1 saturated heterocycles. The van der Waals surface area contributed by atoms with Crippen LogP contribution in [-0.2, 0) is 26.1 Å². The molecule has 8 nitrogen and oxygen atoms in total. The van der Waals surface area contributed by atoms with Crippen LogP contribution in [0.1, 0.15) is 43.5 Å². The van der Waals surface area contributed by atoms with Gasteiger partial charge in [-0.1, -0.05) is 17.8 Å². The van der Waals surface area contributed by atoms with E-state index in [9.17, 15) is 18.0 Å². The molecule has 3 rings (SSSR count). The zero-order chi connectivity index (χ0) is 21.2. The Morgan fingerprint density at radius 2 is 2.03 bits per heavy atom. The summed E-state index contributed by atoms with van der Waals surface area (Å²) in [4.78, 5) is 29.7. The lowest BCUT2D eigenvalue weighted by molar-refractivity contribution is -0.122. The number of hydrogen-bond acceptors (Lipinski definition) is 6. The SMILES string of the molecule is CCOC(=O)c1ccc2c(c1)sc(=NC(=O)C1CCCCN1S(C)(=O)=O)n2CC. The molecule has 1 fully saturated rings. The fraction of sp³-hybridized carbons (Fsp3) is 0.526. The molecule has 1 aliphatic rings. The molecule has 0 aliphatic carbocycles. The predicted molar refractivity (Wildman–Crippen MR) is 111 cm³/mol. The first-order valence-electron chi connectivity index (χ1n) is 9.62. The highest BCUT2D eigenvalue weighted by molar-refractivity contribution is 7.88. The number of thiazole rings is 1. The van der Waals surface area contributed by atoms with E-state index < -0.39 is 27.9 Å². The van der Waals surface area contributed by atoms with Crippen LogP contribution in [0, 0.1) is 0 Å². The summed E-state index contributed by atoms with van der Waals surface area (Å²) in [5, 5.41) is 0. The van der Waals surface area contributed by atoms with Gasteiger partial charge in [0, 0.05) is 13.1 Å². The Labute approximate surface area is 173 Å². The third-order valence-electron chi connectivity index (χ3n) is 4.88. The van der Waals surface area contributed by atoms with Gasteiger partial charge in [-0.3, -0.25) is 4.79 Å². The van der Waals surface area contributed by atoms with E-state index >= 15 is 0 Å².